The van der Waals surface area contributed by atoms with E-state index in [1.807, 2.05) is 0 Å². The molecule has 2 aromatic heterocycles. The topological polar surface area (TPSA) is 94.9 Å². The third kappa shape index (κ3) is 2.16. The van der Waals surface area contributed by atoms with Crippen LogP contribution in [0.2, 0.25) is 0 Å². The van der Waals surface area contributed by atoms with Crippen LogP contribution in [0.4, 0.5) is 5.69 Å². The van der Waals surface area contributed by atoms with Crippen LogP contribution >= 0.6 is 0 Å². The van der Waals surface area contributed by atoms with E-state index in [0.29, 0.717) is 23.6 Å². The van der Waals surface area contributed by atoms with Crippen LogP contribution in [0.15, 0.2) is 0 Å². The van der Waals surface area contributed by atoms with Gasteiger partial charge in [0, 0.05) is 27.1 Å². The maximum absolute atomic E-state index is 12.6. The summed E-state index contributed by atoms with van der Waals surface area (Å²) in [5, 5.41) is 12.5. The Labute approximate surface area is 122 Å². The second-order valence-electron chi connectivity index (χ2n) is 5.42. The van der Waals surface area contributed by atoms with Gasteiger partial charge in [-0.15, -0.1) is 10.2 Å². The average molecular weight is 289 g/mol. The number of anilines is 1. The Hall–Kier alpha value is -2.38. The Morgan fingerprint density at radius 3 is 2.86 bits per heavy atom. The molecule has 3 heterocycles. The zero-order valence-corrected chi connectivity index (χ0v) is 12.5. The van der Waals surface area contributed by atoms with Gasteiger partial charge in [-0.05, 0) is 13.3 Å². The van der Waals surface area contributed by atoms with Gasteiger partial charge in [0.1, 0.15) is 11.5 Å². The van der Waals surface area contributed by atoms with Gasteiger partial charge in [-0.3, -0.25) is 9.48 Å². The van der Waals surface area contributed by atoms with Crippen molar-refractivity contribution in [3.8, 4) is 0 Å². The summed E-state index contributed by atoms with van der Waals surface area (Å²) in [5.41, 5.74) is 7.45. The van der Waals surface area contributed by atoms with Crippen molar-refractivity contribution in [1.29, 1.82) is 0 Å². The highest BCUT2D eigenvalue weighted by Crippen LogP contribution is 2.19. The number of nitrogens with two attached hydrogens (primary N) is 1. The summed E-state index contributed by atoms with van der Waals surface area (Å²) in [4.78, 5) is 14.2. The van der Waals surface area contributed by atoms with Gasteiger partial charge in [0.2, 0.25) is 0 Å². The highest BCUT2D eigenvalue weighted by molar-refractivity contribution is 5.97. The Morgan fingerprint density at radius 1 is 1.43 bits per heavy atom. The molecule has 0 saturated carbocycles. The van der Waals surface area contributed by atoms with E-state index in [2.05, 4.69) is 19.9 Å². The molecule has 8 heteroatoms. The zero-order valence-electron chi connectivity index (χ0n) is 12.5. The van der Waals surface area contributed by atoms with Crippen molar-refractivity contribution in [1.82, 2.24) is 29.4 Å². The molecule has 0 aromatic carbocycles. The van der Waals surface area contributed by atoms with E-state index in [0.717, 1.165) is 31.0 Å². The van der Waals surface area contributed by atoms with Gasteiger partial charge in [0.05, 0.1) is 17.9 Å². The second-order valence-corrected chi connectivity index (χ2v) is 5.42. The van der Waals surface area contributed by atoms with Crippen LogP contribution in [0.25, 0.3) is 0 Å². The number of aromatic nitrogens is 5. The molecular formula is C13H19N7O. The van der Waals surface area contributed by atoms with E-state index in [1.165, 1.54) is 4.68 Å². The van der Waals surface area contributed by atoms with Crippen LogP contribution in [-0.4, -0.2) is 42.4 Å². The van der Waals surface area contributed by atoms with E-state index in [4.69, 9.17) is 5.73 Å². The zero-order chi connectivity index (χ0) is 15.1. The summed E-state index contributed by atoms with van der Waals surface area (Å²) in [5.74, 6) is 1.66. The lowest BCUT2D eigenvalue weighted by Crippen LogP contribution is -2.30. The number of hydrogen-bond acceptors (Lipinski definition) is 5. The van der Waals surface area contributed by atoms with Crippen LogP contribution in [0.1, 0.15) is 34.3 Å². The third-order valence-electron chi connectivity index (χ3n) is 3.88. The molecule has 112 valence electrons. The fourth-order valence-electron chi connectivity index (χ4n) is 2.72. The molecule has 1 amide bonds. The molecule has 0 radical (unpaired) electrons. The number of fused-ring (bicyclic) bond motifs is 1. The summed E-state index contributed by atoms with van der Waals surface area (Å²) in [6, 6.07) is 0. The summed E-state index contributed by atoms with van der Waals surface area (Å²) in [6.07, 6.45) is 2.04. The lowest BCUT2D eigenvalue weighted by Gasteiger charge is -2.17. The molecule has 8 nitrogen and oxygen atoms in total. The summed E-state index contributed by atoms with van der Waals surface area (Å²) >= 11 is 0. The van der Waals surface area contributed by atoms with E-state index < -0.39 is 0 Å². The minimum atomic E-state index is -0.161. The number of amides is 1. The minimum absolute atomic E-state index is 0.161. The van der Waals surface area contributed by atoms with Crippen LogP contribution in [0.5, 0.6) is 0 Å². The molecule has 0 saturated heterocycles. The highest BCUT2D eigenvalue weighted by atomic mass is 16.2. The maximum Gasteiger partial charge on any atom is 0.274 e. The van der Waals surface area contributed by atoms with Gasteiger partial charge >= 0.3 is 0 Å². The Kier molecular flexibility index (Phi) is 3.15. The maximum atomic E-state index is 12.6. The van der Waals surface area contributed by atoms with E-state index in [-0.39, 0.29) is 5.91 Å². The number of aryl methyl sites for hydroxylation is 3. The van der Waals surface area contributed by atoms with Crippen molar-refractivity contribution in [3.63, 3.8) is 0 Å². The number of carbonyl (C=O) groups is 1. The summed E-state index contributed by atoms with van der Waals surface area (Å²) in [7, 11) is 3.46. The fourth-order valence-corrected chi connectivity index (χ4v) is 2.72. The molecule has 0 atom stereocenters. The number of nitrogen functional groups attached to an aromatic ring is 1. The minimum Gasteiger partial charge on any atom is -0.395 e. The van der Waals surface area contributed by atoms with Gasteiger partial charge < -0.3 is 15.2 Å². The quantitative estimate of drug-likeness (QED) is 0.866. The number of nitrogens with zero attached hydrogens (tertiary/aromatic N) is 6. The van der Waals surface area contributed by atoms with Crippen molar-refractivity contribution in [3.05, 3.63) is 23.0 Å². The Balaban J connectivity index is 1.81. The van der Waals surface area contributed by atoms with Crippen LogP contribution in [0, 0.1) is 6.92 Å². The molecule has 1 aliphatic heterocycles. The highest BCUT2D eigenvalue weighted by Gasteiger charge is 2.24. The molecule has 1 aliphatic rings. The summed E-state index contributed by atoms with van der Waals surface area (Å²) in [6.45, 7) is 3.12. The fraction of sp³-hybridized carbons (Fsp3) is 0.538. The van der Waals surface area contributed by atoms with Crippen molar-refractivity contribution in [2.45, 2.75) is 32.9 Å². The van der Waals surface area contributed by atoms with Gasteiger partial charge in [0.15, 0.2) is 5.82 Å². The first-order valence-electron chi connectivity index (χ1n) is 6.94. The molecule has 0 unspecified atom stereocenters. The SMILES string of the molecule is Cc1nn(C)c(C(=O)N(C)Cc2nnc3n2CCC3)c1N. The van der Waals surface area contributed by atoms with E-state index in [9.17, 15) is 4.79 Å². The van der Waals surface area contributed by atoms with Crippen molar-refractivity contribution < 1.29 is 4.79 Å². The normalized spacial score (nSPS) is 13.5. The van der Waals surface area contributed by atoms with Crippen LogP contribution < -0.4 is 5.73 Å². The monoisotopic (exact) mass is 289 g/mol. The van der Waals surface area contributed by atoms with Crippen molar-refractivity contribution in [2.24, 2.45) is 7.05 Å². The molecule has 2 N–H and O–H groups in total. The van der Waals surface area contributed by atoms with Gasteiger partial charge in [0.25, 0.3) is 5.91 Å². The molecule has 2 aromatic rings. The van der Waals surface area contributed by atoms with Gasteiger partial charge in [-0.1, -0.05) is 0 Å². The molecule has 21 heavy (non-hydrogen) atoms. The average Bonchev–Trinajstić information content (AvgIpc) is 3.08. The van der Waals surface area contributed by atoms with Crippen molar-refractivity contribution >= 4 is 11.6 Å². The smallest absolute Gasteiger partial charge is 0.274 e. The molecule has 0 fully saturated rings. The largest absolute Gasteiger partial charge is 0.395 e. The first kappa shape index (κ1) is 13.6. The predicted molar refractivity (Wildman–Crippen MR) is 76.5 cm³/mol. The summed E-state index contributed by atoms with van der Waals surface area (Å²) < 4.78 is 3.61. The molecular weight excluding hydrogens is 270 g/mol. The number of carbonyl (C=O) groups excluding carboxylic acids is 1. The predicted octanol–water partition coefficient (Wildman–Crippen LogP) is 0.121. The third-order valence-corrected chi connectivity index (χ3v) is 3.88. The van der Waals surface area contributed by atoms with Gasteiger partial charge in [-0.2, -0.15) is 5.10 Å². The first-order chi connectivity index (χ1) is 9.99. The van der Waals surface area contributed by atoms with Crippen LogP contribution in [-0.2, 0) is 26.6 Å². The molecule has 0 spiro atoms. The van der Waals surface area contributed by atoms with Crippen LogP contribution in [0.3, 0.4) is 0 Å². The molecule has 3 rings (SSSR count). The number of rotatable bonds is 3. The second kappa shape index (κ2) is 4.87. The lowest BCUT2D eigenvalue weighted by molar-refractivity contribution is 0.0770. The number of hydrogen-bond donors (Lipinski definition) is 1. The molecule has 0 bridgehead atoms. The first-order valence-corrected chi connectivity index (χ1v) is 6.94. The molecule has 0 aliphatic carbocycles. The van der Waals surface area contributed by atoms with Gasteiger partial charge in [-0.25, -0.2) is 0 Å². The van der Waals surface area contributed by atoms with E-state index in [1.54, 1.807) is 25.9 Å². The Morgan fingerprint density at radius 2 is 2.19 bits per heavy atom. The Bertz CT molecular complexity index is 700. The van der Waals surface area contributed by atoms with E-state index >= 15 is 0 Å². The van der Waals surface area contributed by atoms with Crippen molar-refractivity contribution in [2.75, 3.05) is 12.8 Å². The lowest BCUT2D eigenvalue weighted by atomic mass is 10.2. The standard InChI is InChI=1S/C13H19N7O/c1-8-11(14)12(19(3)17-8)13(21)18(2)7-10-16-15-9-5-4-6-20(9)10/h4-7,14H2,1-3H3.